The van der Waals surface area contributed by atoms with Crippen LogP contribution >= 0.6 is 69.6 Å². The molecule has 1 aliphatic rings. The lowest BCUT2D eigenvalue weighted by atomic mass is 9.89. The standard InChI is InChI=1S/C19H25Cl6NO4/c1-5-13(27)8-12(6-10(2)18(20,21)22)17(29)26-14(7-11(3)19(23,24)25)15(30-4)9-16(26)28/h9-12,14H,5-8H2,1-4H3/t10-,11?,12-,14-/m0/s1. The number of ether oxygens (including phenoxy) is 1. The first kappa shape index (κ1) is 28.1. The minimum atomic E-state index is -1.62. The molecule has 1 rings (SSSR count). The van der Waals surface area contributed by atoms with Gasteiger partial charge < -0.3 is 4.74 Å². The predicted molar refractivity (Wildman–Crippen MR) is 122 cm³/mol. The molecule has 172 valence electrons. The van der Waals surface area contributed by atoms with E-state index in [0.29, 0.717) is 0 Å². The van der Waals surface area contributed by atoms with Gasteiger partial charge in [0.1, 0.15) is 11.5 Å². The van der Waals surface area contributed by atoms with Crippen LogP contribution in [0, 0.1) is 17.8 Å². The van der Waals surface area contributed by atoms with Crippen molar-refractivity contribution in [3.8, 4) is 0 Å². The third-order valence-corrected chi connectivity index (χ3v) is 7.40. The average Bonchev–Trinajstić information content (AvgIpc) is 2.93. The highest BCUT2D eigenvalue weighted by Gasteiger charge is 2.45. The summed E-state index contributed by atoms with van der Waals surface area (Å²) in [6, 6.07) is -0.761. The maximum atomic E-state index is 13.4. The first-order chi connectivity index (χ1) is 13.6. The van der Waals surface area contributed by atoms with Crippen LogP contribution in [0.2, 0.25) is 0 Å². The lowest BCUT2D eigenvalue weighted by Crippen LogP contribution is -2.46. The number of hydrogen-bond donors (Lipinski definition) is 0. The Balaban J connectivity index is 3.22. The zero-order valence-electron chi connectivity index (χ0n) is 17.1. The van der Waals surface area contributed by atoms with Crippen molar-refractivity contribution < 1.29 is 19.1 Å². The van der Waals surface area contributed by atoms with E-state index in [1.54, 1.807) is 20.8 Å². The Hall–Kier alpha value is 0.0900. The van der Waals surface area contributed by atoms with Crippen LogP contribution in [-0.2, 0) is 19.1 Å². The number of amides is 2. The number of methoxy groups -OCH3 is 1. The normalized spacial score (nSPS) is 20.6. The molecule has 0 saturated carbocycles. The van der Waals surface area contributed by atoms with Crippen molar-refractivity contribution in [2.24, 2.45) is 17.8 Å². The molecule has 1 aliphatic heterocycles. The maximum absolute atomic E-state index is 13.4. The molecule has 0 spiro atoms. The fraction of sp³-hybridized carbons (Fsp3) is 0.737. The molecular formula is C19H25Cl6NO4. The molecule has 0 radical (unpaired) electrons. The highest BCUT2D eigenvalue weighted by atomic mass is 35.6. The Bertz CT molecular complexity index is 685. The number of imide groups is 1. The van der Waals surface area contributed by atoms with Crippen molar-refractivity contribution >= 4 is 87.2 Å². The third kappa shape index (κ3) is 7.60. The number of halogens is 6. The molecule has 1 unspecified atom stereocenters. The summed E-state index contributed by atoms with van der Waals surface area (Å²) in [5.41, 5.74) is 0. The SMILES string of the molecule is CCC(=O)C[C@H](C[C@H](C)C(Cl)(Cl)Cl)C(=O)N1C(=O)C=C(OC)[C@@H]1CC(C)C(Cl)(Cl)Cl. The van der Waals surface area contributed by atoms with Crippen molar-refractivity contribution in [3.05, 3.63) is 11.8 Å². The number of ketones is 1. The van der Waals surface area contributed by atoms with Gasteiger partial charge >= 0.3 is 0 Å². The van der Waals surface area contributed by atoms with E-state index in [1.165, 1.54) is 13.2 Å². The molecule has 0 N–H and O–H groups in total. The summed E-state index contributed by atoms with van der Waals surface area (Å²) in [5, 5.41) is 0. The van der Waals surface area contributed by atoms with Crippen LogP contribution in [0.1, 0.15) is 46.5 Å². The van der Waals surface area contributed by atoms with E-state index in [9.17, 15) is 14.4 Å². The zero-order chi connectivity index (χ0) is 23.4. The van der Waals surface area contributed by atoms with E-state index in [0.717, 1.165) is 4.90 Å². The van der Waals surface area contributed by atoms with Crippen LogP contribution in [0.3, 0.4) is 0 Å². The van der Waals surface area contributed by atoms with Gasteiger partial charge in [-0.3, -0.25) is 19.3 Å². The summed E-state index contributed by atoms with van der Waals surface area (Å²) in [6.45, 7) is 5.05. The van der Waals surface area contributed by atoms with Gasteiger partial charge in [0, 0.05) is 36.7 Å². The highest BCUT2D eigenvalue weighted by Crippen LogP contribution is 2.42. The molecule has 0 aliphatic carbocycles. The largest absolute Gasteiger partial charge is 0.499 e. The lowest BCUT2D eigenvalue weighted by Gasteiger charge is -2.33. The number of hydrogen-bond acceptors (Lipinski definition) is 4. The maximum Gasteiger partial charge on any atom is 0.257 e. The van der Waals surface area contributed by atoms with Gasteiger partial charge in [-0.15, -0.1) is 0 Å². The van der Waals surface area contributed by atoms with Gasteiger partial charge in [0.25, 0.3) is 5.91 Å². The Morgan fingerprint density at radius 3 is 2.07 bits per heavy atom. The average molecular weight is 544 g/mol. The molecule has 11 heteroatoms. The predicted octanol–water partition coefficient (Wildman–Crippen LogP) is 6.03. The first-order valence-corrected chi connectivity index (χ1v) is 11.7. The summed E-state index contributed by atoms with van der Waals surface area (Å²) in [5.74, 6) is -2.84. The van der Waals surface area contributed by atoms with E-state index in [2.05, 4.69) is 0 Å². The highest BCUT2D eigenvalue weighted by molar-refractivity contribution is 6.68. The Kier molecular flexibility index (Phi) is 10.6. The molecule has 4 atom stereocenters. The smallest absolute Gasteiger partial charge is 0.257 e. The Morgan fingerprint density at radius 2 is 1.63 bits per heavy atom. The molecule has 0 aromatic carbocycles. The second-order valence-corrected chi connectivity index (χ2v) is 12.2. The van der Waals surface area contributed by atoms with Gasteiger partial charge in [0.05, 0.1) is 13.2 Å². The summed E-state index contributed by atoms with van der Waals surface area (Å²) in [4.78, 5) is 39.2. The van der Waals surface area contributed by atoms with E-state index in [-0.39, 0.29) is 37.2 Å². The second kappa shape index (κ2) is 11.3. The Labute approximate surface area is 207 Å². The second-order valence-electron chi connectivity index (χ2n) is 7.46. The topological polar surface area (TPSA) is 63.7 Å². The monoisotopic (exact) mass is 541 g/mol. The molecule has 0 bridgehead atoms. The Morgan fingerprint density at radius 1 is 1.10 bits per heavy atom. The number of alkyl halides is 6. The van der Waals surface area contributed by atoms with Gasteiger partial charge in [0.2, 0.25) is 5.91 Å². The minimum absolute atomic E-state index is 0.0702. The van der Waals surface area contributed by atoms with E-state index < -0.39 is 43.2 Å². The minimum Gasteiger partial charge on any atom is -0.499 e. The number of Topliss-reactive ketones (excluding diaryl/α,β-unsaturated/α-hetero) is 1. The third-order valence-electron chi connectivity index (χ3n) is 5.17. The molecule has 2 amide bonds. The summed E-state index contributed by atoms with van der Waals surface area (Å²) >= 11 is 35.8. The van der Waals surface area contributed by atoms with Crippen LogP contribution in [0.15, 0.2) is 11.8 Å². The van der Waals surface area contributed by atoms with Crippen molar-refractivity contribution in [1.29, 1.82) is 0 Å². The molecule has 0 fully saturated rings. The number of carbonyl (C=O) groups excluding carboxylic acids is 3. The van der Waals surface area contributed by atoms with E-state index >= 15 is 0 Å². The van der Waals surface area contributed by atoms with Crippen LogP contribution in [0.5, 0.6) is 0 Å². The molecule has 5 nitrogen and oxygen atoms in total. The van der Waals surface area contributed by atoms with Gasteiger partial charge in [-0.2, -0.15) is 0 Å². The summed E-state index contributed by atoms with van der Waals surface area (Å²) in [7, 11) is 1.39. The van der Waals surface area contributed by atoms with Gasteiger partial charge in [0.15, 0.2) is 7.59 Å². The molecule has 30 heavy (non-hydrogen) atoms. The number of nitrogens with zero attached hydrogens (tertiary/aromatic N) is 1. The summed E-state index contributed by atoms with van der Waals surface area (Å²) < 4.78 is 2.07. The van der Waals surface area contributed by atoms with Gasteiger partial charge in [-0.25, -0.2) is 0 Å². The molecule has 0 aromatic heterocycles. The van der Waals surface area contributed by atoms with Crippen LogP contribution in [0.4, 0.5) is 0 Å². The fourth-order valence-electron chi connectivity index (χ4n) is 3.16. The zero-order valence-corrected chi connectivity index (χ0v) is 21.6. The molecule has 0 saturated heterocycles. The fourth-order valence-corrected chi connectivity index (χ4v) is 3.70. The summed E-state index contributed by atoms with van der Waals surface area (Å²) in [6.07, 6.45) is 1.68. The lowest BCUT2D eigenvalue weighted by molar-refractivity contribution is -0.148. The quantitative estimate of drug-likeness (QED) is 0.333. The van der Waals surface area contributed by atoms with Crippen molar-refractivity contribution in [2.75, 3.05) is 7.11 Å². The number of rotatable bonds is 9. The van der Waals surface area contributed by atoms with E-state index in [1.807, 2.05) is 0 Å². The van der Waals surface area contributed by atoms with Crippen molar-refractivity contribution in [2.45, 2.75) is 60.1 Å². The van der Waals surface area contributed by atoms with E-state index in [4.69, 9.17) is 74.3 Å². The molecular weight excluding hydrogens is 519 g/mol. The molecule has 0 aromatic rings. The van der Waals surface area contributed by atoms with Gasteiger partial charge in [-0.1, -0.05) is 90.4 Å². The van der Waals surface area contributed by atoms with Crippen molar-refractivity contribution in [1.82, 2.24) is 4.90 Å². The molecule has 1 heterocycles. The van der Waals surface area contributed by atoms with Crippen LogP contribution in [-0.4, -0.2) is 43.2 Å². The van der Waals surface area contributed by atoms with Crippen LogP contribution in [0.25, 0.3) is 0 Å². The van der Waals surface area contributed by atoms with Crippen LogP contribution < -0.4 is 0 Å². The number of carbonyl (C=O) groups is 3. The van der Waals surface area contributed by atoms with Gasteiger partial charge in [-0.05, 0) is 12.8 Å². The first-order valence-electron chi connectivity index (χ1n) is 9.41. The van der Waals surface area contributed by atoms with Crippen molar-refractivity contribution in [3.63, 3.8) is 0 Å².